The lowest BCUT2D eigenvalue weighted by atomic mass is 9.94. The zero-order valence-electron chi connectivity index (χ0n) is 17.0. The summed E-state index contributed by atoms with van der Waals surface area (Å²) in [7, 11) is 0. The third-order valence-corrected chi connectivity index (χ3v) is 5.11. The third kappa shape index (κ3) is 4.52. The van der Waals surface area contributed by atoms with Crippen LogP contribution in [0.5, 0.6) is 11.5 Å². The van der Waals surface area contributed by atoms with E-state index in [1.165, 1.54) is 6.07 Å². The van der Waals surface area contributed by atoms with Crippen LogP contribution in [0.2, 0.25) is 5.02 Å². The average Bonchev–Trinajstić information content (AvgIpc) is 2.71. The summed E-state index contributed by atoms with van der Waals surface area (Å²) in [4.78, 5) is 25.2. The fraction of sp³-hybridized carbons (Fsp3) is 0.273. The minimum atomic E-state index is -0.772. The van der Waals surface area contributed by atoms with Crippen molar-refractivity contribution < 1.29 is 19.4 Å². The van der Waals surface area contributed by atoms with Gasteiger partial charge in [0.2, 0.25) is 0 Å². The second kappa shape index (κ2) is 9.09. The first-order chi connectivity index (χ1) is 14.3. The quantitative estimate of drug-likeness (QED) is 0.550. The summed E-state index contributed by atoms with van der Waals surface area (Å²) in [6, 6.07) is 9.42. The zero-order chi connectivity index (χ0) is 21.8. The number of carbonyl (C=O) groups is 2. The second-order valence-corrected chi connectivity index (χ2v) is 7.26. The van der Waals surface area contributed by atoms with Crippen LogP contribution in [0.15, 0.2) is 47.7 Å². The highest BCUT2D eigenvalue weighted by atomic mass is 35.5. The van der Waals surface area contributed by atoms with Gasteiger partial charge < -0.3 is 25.8 Å². The van der Waals surface area contributed by atoms with Gasteiger partial charge in [0.25, 0.3) is 5.91 Å². The molecule has 1 aliphatic heterocycles. The lowest BCUT2D eigenvalue weighted by Gasteiger charge is -2.29. The van der Waals surface area contributed by atoms with E-state index in [0.717, 1.165) is 12.0 Å². The molecule has 0 bridgehead atoms. The number of benzene rings is 2. The van der Waals surface area contributed by atoms with Crippen LogP contribution in [0, 0.1) is 0 Å². The Hall–Kier alpha value is -3.19. The third-order valence-electron chi connectivity index (χ3n) is 4.82. The van der Waals surface area contributed by atoms with E-state index in [1.807, 2.05) is 24.3 Å². The van der Waals surface area contributed by atoms with Crippen molar-refractivity contribution in [3.8, 4) is 11.5 Å². The number of carbonyl (C=O) groups excluding carboxylic acids is 2. The van der Waals surface area contributed by atoms with Crippen molar-refractivity contribution in [2.75, 3.05) is 11.9 Å². The molecule has 8 heteroatoms. The number of nitrogens with one attached hydrogen (secondary N) is 3. The Morgan fingerprint density at radius 2 is 1.93 bits per heavy atom. The number of hydrogen-bond donors (Lipinski definition) is 4. The first kappa shape index (κ1) is 21.5. The lowest BCUT2D eigenvalue weighted by Crippen LogP contribution is -2.46. The number of urea groups is 1. The molecule has 0 radical (unpaired) electrons. The van der Waals surface area contributed by atoms with Gasteiger partial charge >= 0.3 is 6.03 Å². The van der Waals surface area contributed by atoms with Gasteiger partial charge in [0.15, 0.2) is 11.5 Å². The maximum Gasteiger partial charge on any atom is 0.319 e. The van der Waals surface area contributed by atoms with Gasteiger partial charge in [-0.1, -0.05) is 30.7 Å². The Bertz CT molecular complexity index is 1000. The average molecular weight is 430 g/mol. The minimum absolute atomic E-state index is 0.0660. The van der Waals surface area contributed by atoms with E-state index in [1.54, 1.807) is 19.9 Å². The number of allylic oxidation sites excluding steroid dienone is 1. The lowest BCUT2D eigenvalue weighted by molar-refractivity contribution is -0.113. The monoisotopic (exact) mass is 429 g/mol. The molecule has 3 rings (SSSR count). The number of hydrogen-bond acceptors (Lipinski definition) is 4. The molecule has 0 aromatic heterocycles. The van der Waals surface area contributed by atoms with Crippen molar-refractivity contribution in [3.63, 3.8) is 0 Å². The highest BCUT2D eigenvalue weighted by Crippen LogP contribution is 2.39. The maximum absolute atomic E-state index is 13.1. The molecule has 3 amide bonds. The SMILES string of the molecule is CCOc1cc([C@@H]2NC(=O)NC(C)=C2C(=O)Nc2ccc(CC)cc2)cc(Cl)c1O. The molecule has 30 heavy (non-hydrogen) atoms. The normalized spacial score (nSPS) is 16.0. The van der Waals surface area contributed by atoms with Crippen molar-refractivity contribution in [1.29, 1.82) is 0 Å². The second-order valence-electron chi connectivity index (χ2n) is 6.86. The van der Waals surface area contributed by atoms with Crippen LogP contribution in [0.25, 0.3) is 0 Å². The molecule has 2 aromatic carbocycles. The van der Waals surface area contributed by atoms with Gasteiger partial charge in [0.1, 0.15) is 0 Å². The smallest absolute Gasteiger partial charge is 0.319 e. The number of aryl methyl sites for hydroxylation is 1. The molecule has 0 saturated carbocycles. The Morgan fingerprint density at radius 3 is 2.57 bits per heavy atom. The molecule has 0 aliphatic carbocycles. The summed E-state index contributed by atoms with van der Waals surface area (Å²) in [5.41, 5.74) is 3.08. The number of rotatable bonds is 6. The Labute approximate surface area is 180 Å². The highest BCUT2D eigenvalue weighted by Gasteiger charge is 2.32. The summed E-state index contributed by atoms with van der Waals surface area (Å²) in [6.45, 7) is 5.81. The van der Waals surface area contributed by atoms with E-state index in [2.05, 4.69) is 22.9 Å². The van der Waals surface area contributed by atoms with Crippen LogP contribution in [0.4, 0.5) is 10.5 Å². The Kier molecular flexibility index (Phi) is 6.52. The largest absolute Gasteiger partial charge is 0.503 e. The van der Waals surface area contributed by atoms with E-state index >= 15 is 0 Å². The molecule has 158 valence electrons. The first-order valence-corrected chi connectivity index (χ1v) is 10.1. The standard InChI is InChI=1S/C22H24ClN3O4/c1-4-13-6-8-15(9-7-13)25-21(28)18-12(3)24-22(29)26-19(18)14-10-16(23)20(27)17(11-14)30-5-2/h6-11,19,27H,4-5H2,1-3H3,(H,25,28)(H2,24,26,29)/t19-/m0/s1. The van der Waals surface area contributed by atoms with Crippen LogP contribution >= 0.6 is 11.6 Å². The van der Waals surface area contributed by atoms with Crippen LogP contribution in [-0.2, 0) is 11.2 Å². The van der Waals surface area contributed by atoms with E-state index in [9.17, 15) is 14.7 Å². The van der Waals surface area contributed by atoms with E-state index < -0.39 is 12.1 Å². The van der Waals surface area contributed by atoms with Crippen LogP contribution in [0.3, 0.4) is 0 Å². The molecular weight excluding hydrogens is 406 g/mol. The van der Waals surface area contributed by atoms with Gasteiger partial charge in [-0.2, -0.15) is 0 Å². The molecule has 1 heterocycles. The fourth-order valence-corrected chi connectivity index (χ4v) is 3.51. The van der Waals surface area contributed by atoms with E-state index in [0.29, 0.717) is 29.1 Å². The first-order valence-electron chi connectivity index (χ1n) is 9.67. The van der Waals surface area contributed by atoms with Gasteiger partial charge in [0.05, 0.1) is 23.2 Å². The molecule has 1 aliphatic rings. The molecule has 7 nitrogen and oxygen atoms in total. The highest BCUT2D eigenvalue weighted by molar-refractivity contribution is 6.32. The van der Waals surface area contributed by atoms with Crippen molar-refractivity contribution in [1.82, 2.24) is 10.6 Å². The summed E-state index contributed by atoms with van der Waals surface area (Å²) in [6.07, 6.45) is 0.903. The molecule has 4 N–H and O–H groups in total. The van der Waals surface area contributed by atoms with Crippen molar-refractivity contribution in [3.05, 3.63) is 63.8 Å². The number of amides is 3. The fourth-order valence-electron chi connectivity index (χ4n) is 3.29. The number of phenols is 1. The van der Waals surface area contributed by atoms with Gasteiger partial charge in [-0.05, 0) is 55.7 Å². The van der Waals surface area contributed by atoms with E-state index in [-0.39, 0.29) is 22.4 Å². The van der Waals surface area contributed by atoms with Gasteiger partial charge in [-0.25, -0.2) is 4.79 Å². The van der Waals surface area contributed by atoms with Gasteiger partial charge in [-0.3, -0.25) is 4.79 Å². The zero-order valence-corrected chi connectivity index (χ0v) is 17.8. The molecular formula is C22H24ClN3O4. The number of halogens is 1. The van der Waals surface area contributed by atoms with Crippen LogP contribution in [-0.4, -0.2) is 23.7 Å². The Balaban J connectivity index is 1.97. The molecule has 0 saturated heterocycles. The summed E-state index contributed by atoms with van der Waals surface area (Å²) < 4.78 is 5.44. The number of phenolic OH excluding ortho intramolecular Hbond substituents is 1. The number of aromatic hydroxyl groups is 1. The number of ether oxygens (including phenoxy) is 1. The predicted octanol–water partition coefficient (Wildman–Crippen LogP) is 4.27. The van der Waals surface area contributed by atoms with E-state index in [4.69, 9.17) is 16.3 Å². The minimum Gasteiger partial charge on any atom is -0.503 e. The topological polar surface area (TPSA) is 99.7 Å². The number of anilines is 1. The Morgan fingerprint density at radius 1 is 1.23 bits per heavy atom. The summed E-state index contributed by atoms with van der Waals surface area (Å²) in [5, 5.41) is 18.4. The van der Waals surface area contributed by atoms with Crippen LogP contribution < -0.4 is 20.7 Å². The molecule has 0 unspecified atom stereocenters. The molecule has 1 atom stereocenters. The summed E-state index contributed by atoms with van der Waals surface area (Å²) in [5.74, 6) is -0.373. The summed E-state index contributed by atoms with van der Waals surface area (Å²) >= 11 is 6.16. The predicted molar refractivity (Wildman–Crippen MR) is 116 cm³/mol. The van der Waals surface area contributed by atoms with Gasteiger partial charge in [0, 0.05) is 11.4 Å². The van der Waals surface area contributed by atoms with Crippen molar-refractivity contribution in [2.24, 2.45) is 0 Å². The molecule has 2 aromatic rings. The molecule has 0 fully saturated rings. The van der Waals surface area contributed by atoms with Crippen molar-refractivity contribution >= 4 is 29.2 Å². The molecule has 0 spiro atoms. The van der Waals surface area contributed by atoms with Crippen LogP contribution in [0.1, 0.15) is 37.9 Å². The maximum atomic E-state index is 13.1. The van der Waals surface area contributed by atoms with Crippen molar-refractivity contribution in [2.45, 2.75) is 33.2 Å². The van der Waals surface area contributed by atoms with Gasteiger partial charge in [-0.15, -0.1) is 0 Å².